The van der Waals surface area contributed by atoms with Gasteiger partial charge in [0, 0.05) is 0 Å². The average Bonchev–Trinajstić information content (AvgIpc) is 2.82. The molecule has 5 nitrogen and oxygen atoms in total. The van der Waals surface area contributed by atoms with Crippen LogP contribution in [0.15, 0.2) is 60.7 Å². The van der Waals surface area contributed by atoms with Gasteiger partial charge in [-0.2, -0.15) is 0 Å². The van der Waals surface area contributed by atoms with Gasteiger partial charge in [0.2, 0.25) is 5.75 Å². The Kier molecular flexibility index (Phi) is 7.12. The van der Waals surface area contributed by atoms with Gasteiger partial charge in [0.15, 0.2) is 23.0 Å². The third-order valence-corrected chi connectivity index (χ3v) is 9.00. The Hall–Kier alpha value is -3.12. The van der Waals surface area contributed by atoms with E-state index < -0.39 is 8.07 Å². The predicted octanol–water partition coefficient (Wildman–Crippen LogP) is 4.12. The quantitative estimate of drug-likeness (QED) is 0.470. The lowest BCUT2D eigenvalue weighted by Crippen LogP contribution is -2.52. The van der Waals surface area contributed by atoms with Crippen molar-refractivity contribution in [2.45, 2.75) is 19.7 Å². The predicted molar refractivity (Wildman–Crippen MR) is 127 cm³/mol. The Labute approximate surface area is 185 Å². The van der Waals surface area contributed by atoms with Crippen molar-refractivity contribution >= 4 is 18.4 Å². The van der Waals surface area contributed by atoms with Crippen LogP contribution in [0.4, 0.5) is 0 Å². The molecule has 6 heteroatoms. The van der Waals surface area contributed by atoms with Gasteiger partial charge in [0.25, 0.3) is 0 Å². The maximum atomic E-state index is 6.02. The summed E-state index contributed by atoms with van der Waals surface area (Å²) in [5.41, 5.74) is 1.11. The van der Waals surface area contributed by atoms with Crippen LogP contribution in [0.3, 0.4) is 0 Å². The van der Waals surface area contributed by atoms with Crippen LogP contribution in [-0.2, 0) is 6.61 Å². The van der Waals surface area contributed by atoms with E-state index in [0.29, 0.717) is 23.9 Å². The highest BCUT2D eigenvalue weighted by Crippen LogP contribution is 2.36. The summed E-state index contributed by atoms with van der Waals surface area (Å²) in [5, 5.41) is 2.38. The second kappa shape index (κ2) is 9.79. The van der Waals surface area contributed by atoms with Crippen LogP contribution in [0.2, 0.25) is 13.1 Å². The first-order valence-electron chi connectivity index (χ1n) is 10.1. The minimum absolute atomic E-state index is 0.490. The minimum Gasteiger partial charge on any atom is -0.493 e. The topological polar surface area (TPSA) is 46.2 Å². The lowest BCUT2D eigenvalue weighted by atomic mass is 10.2. The van der Waals surface area contributed by atoms with Gasteiger partial charge in [-0.15, -0.1) is 0 Å². The molecule has 0 amide bonds. The molecule has 0 aromatic heterocycles. The van der Waals surface area contributed by atoms with Crippen molar-refractivity contribution in [1.29, 1.82) is 0 Å². The zero-order valence-corrected chi connectivity index (χ0v) is 20.0. The summed E-state index contributed by atoms with van der Waals surface area (Å²) in [5.74, 6) is 3.37. The van der Waals surface area contributed by atoms with Gasteiger partial charge in [0.05, 0.1) is 28.4 Å². The van der Waals surface area contributed by atoms with E-state index in [4.69, 9.17) is 23.7 Å². The molecule has 164 valence electrons. The van der Waals surface area contributed by atoms with E-state index in [9.17, 15) is 0 Å². The van der Waals surface area contributed by atoms with Gasteiger partial charge < -0.3 is 23.7 Å². The summed E-state index contributed by atoms with van der Waals surface area (Å²) in [6, 6.07) is 20.4. The molecule has 0 radical (unpaired) electrons. The van der Waals surface area contributed by atoms with E-state index in [2.05, 4.69) is 25.2 Å². The number of hydrogen-bond donors (Lipinski definition) is 0. The number of methoxy groups -OCH3 is 4. The number of rotatable bonds is 9. The standard InChI is InChI=1S/C25H30O5Si/c1-26-22-14-19(12-13-21(22)30-17-18-10-8-7-9-11-18)31(5,6)20-15-23(27-2)25(29-4)24(16-20)28-3/h7-16H,17H2,1-6H3. The molecule has 3 aromatic carbocycles. The van der Waals surface area contributed by atoms with Crippen LogP contribution >= 0.6 is 0 Å². The number of benzene rings is 3. The van der Waals surface area contributed by atoms with Gasteiger partial charge in [-0.1, -0.05) is 54.7 Å². The summed E-state index contributed by atoms with van der Waals surface area (Å²) >= 11 is 0. The van der Waals surface area contributed by atoms with Crippen LogP contribution in [-0.4, -0.2) is 36.5 Å². The maximum Gasteiger partial charge on any atom is 0.203 e. The first kappa shape index (κ1) is 22.6. The fourth-order valence-corrected chi connectivity index (χ4v) is 5.83. The van der Waals surface area contributed by atoms with Gasteiger partial charge in [-0.05, 0) is 35.0 Å². The Morgan fingerprint density at radius 1 is 0.613 bits per heavy atom. The van der Waals surface area contributed by atoms with Crippen molar-refractivity contribution in [1.82, 2.24) is 0 Å². The van der Waals surface area contributed by atoms with Gasteiger partial charge in [-0.3, -0.25) is 0 Å². The zero-order chi connectivity index (χ0) is 22.4. The van der Waals surface area contributed by atoms with Gasteiger partial charge in [0.1, 0.15) is 14.7 Å². The molecule has 0 aliphatic heterocycles. The van der Waals surface area contributed by atoms with E-state index in [1.807, 2.05) is 48.5 Å². The average molecular weight is 439 g/mol. The smallest absolute Gasteiger partial charge is 0.203 e. The lowest BCUT2D eigenvalue weighted by Gasteiger charge is -2.26. The maximum absolute atomic E-state index is 6.02. The molecule has 0 saturated carbocycles. The number of hydrogen-bond acceptors (Lipinski definition) is 5. The third-order valence-electron chi connectivity index (χ3n) is 5.51. The fraction of sp³-hybridized carbons (Fsp3) is 0.280. The molecular weight excluding hydrogens is 408 g/mol. The second-order valence-corrected chi connectivity index (χ2v) is 12.1. The van der Waals surface area contributed by atoms with E-state index in [-0.39, 0.29) is 0 Å². The summed E-state index contributed by atoms with van der Waals surface area (Å²) in [6.45, 7) is 5.06. The molecule has 31 heavy (non-hydrogen) atoms. The molecule has 0 spiro atoms. The molecule has 0 saturated heterocycles. The lowest BCUT2D eigenvalue weighted by molar-refractivity contribution is 0.284. The Morgan fingerprint density at radius 2 is 1.19 bits per heavy atom. The molecule has 0 unspecified atom stereocenters. The van der Waals surface area contributed by atoms with Crippen LogP contribution in [0, 0.1) is 0 Å². The molecule has 0 fully saturated rings. The van der Waals surface area contributed by atoms with E-state index in [1.165, 1.54) is 10.4 Å². The molecule has 0 aliphatic carbocycles. The van der Waals surface area contributed by atoms with E-state index in [1.54, 1.807) is 28.4 Å². The summed E-state index contributed by atoms with van der Waals surface area (Å²) < 4.78 is 28.3. The monoisotopic (exact) mass is 438 g/mol. The van der Waals surface area contributed by atoms with Crippen LogP contribution < -0.4 is 34.1 Å². The molecule has 3 rings (SSSR count). The molecule has 0 N–H and O–H groups in total. The largest absolute Gasteiger partial charge is 0.493 e. The van der Waals surface area contributed by atoms with Crippen LogP contribution in [0.1, 0.15) is 5.56 Å². The first-order valence-corrected chi connectivity index (χ1v) is 13.1. The molecule has 0 bridgehead atoms. The summed E-state index contributed by atoms with van der Waals surface area (Å²) in [4.78, 5) is 0. The van der Waals surface area contributed by atoms with Gasteiger partial charge >= 0.3 is 0 Å². The third kappa shape index (κ3) is 4.80. The van der Waals surface area contributed by atoms with Crippen LogP contribution in [0.25, 0.3) is 0 Å². The Bertz CT molecular complexity index is 993. The minimum atomic E-state index is -2.10. The highest BCUT2D eigenvalue weighted by Gasteiger charge is 2.30. The normalized spacial score (nSPS) is 11.0. The van der Waals surface area contributed by atoms with Crippen molar-refractivity contribution in [3.05, 3.63) is 66.2 Å². The molecule has 0 atom stereocenters. The van der Waals surface area contributed by atoms with Crippen molar-refractivity contribution in [2.75, 3.05) is 28.4 Å². The molecular formula is C25H30O5Si. The summed E-state index contributed by atoms with van der Waals surface area (Å²) in [7, 11) is 4.46. The van der Waals surface area contributed by atoms with Crippen molar-refractivity contribution in [2.24, 2.45) is 0 Å². The Morgan fingerprint density at radius 3 is 1.74 bits per heavy atom. The van der Waals surface area contributed by atoms with E-state index in [0.717, 1.165) is 17.1 Å². The molecule has 3 aromatic rings. The first-order chi connectivity index (χ1) is 14.9. The second-order valence-electron chi connectivity index (χ2n) is 7.68. The highest BCUT2D eigenvalue weighted by atomic mass is 28.3. The number of ether oxygens (including phenoxy) is 5. The van der Waals surface area contributed by atoms with Crippen molar-refractivity contribution in [3.63, 3.8) is 0 Å². The van der Waals surface area contributed by atoms with Gasteiger partial charge in [-0.25, -0.2) is 0 Å². The molecule has 0 heterocycles. The zero-order valence-electron chi connectivity index (χ0n) is 19.0. The Balaban J connectivity index is 1.94. The highest BCUT2D eigenvalue weighted by molar-refractivity contribution is 7.00. The van der Waals surface area contributed by atoms with Crippen molar-refractivity contribution < 1.29 is 23.7 Å². The van der Waals surface area contributed by atoms with Crippen molar-refractivity contribution in [3.8, 4) is 28.7 Å². The molecule has 0 aliphatic rings. The van der Waals surface area contributed by atoms with Crippen LogP contribution in [0.5, 0.6) is 28.7 Å². The SMILES string of the molecule is COc1cc([Si](C)(C)c2cc(OC)c(OC)c(OC)c2)ccc1OCc1ccccc1. The fourth-order valence-electron chi connectivity index (χ4n) is 3.52. The summed E-state index contributed by atoms with van der Waals surface area (Å²) in [6.07, 6.45) is 0. The van der Waals surface area contributed by atoms with E-state index >= 15 is 0 Å².